The predicted molar refractivity (Wildman–Crippen MR) is 114 cm³/mol. The van der Waals surface area contributed by atoms with Gasteiger partial charge in [0, 0.05) is 24.7 Å². The Hall–Kier alpha value is -3.15. The van der Waals surface area contributed by atoms with Crippen LogP contribution in [0.25, 0.3) is 6.08 Å². The molecule has 1 heterocycles. The fraction of sp³-hybridized carbons (Fsp3) is 0.300. The molecule has 0 unspecified atom stereocenters. The van der Waals surface area contributed by atoms with Crippen LogP contribution in [-0.4, -0.2) is 32.1 Å². The summed E-state index contributed by atoms with van der Waals surface area (Å²) in [4.78, 5) is 15.7. The highest BCUT2D eigenvalue weighted by Gasteiger charge is 2.32. The van der Waals surface area contributed by atoms with Crippen molar-refractivity contribution in [2.24, 2.45) is 0 Å². The highest BCUT2D eigenvalue weighted by Crippen LogP contribution is 2.30. The lowest BCUT2D eigenvalue weighted by Crippen LogP contribution is -2.20. The minimum atomic E-state index is -4.59. The van der Waals surface area contributed by atoms with E-state index in [1.165, 1.54) is 25.1 Å². The maximum absolute atomic E-state index is 14.2. The molecule has 0 atom stereocenters. The van der Waals surface area contributed by atoms with Crippen LogP contribution >= 0.6 is 0 Å². The molecule has 1 amide bonds. The van der Waals surface area contributed by atoms with Gasteiger partial charge in [-0.15, -0.1) is 0 Å². The lowest BCUT2D eigenvalue weighted by molar-refractivity contribution is -0.141. The minimum Gasteiger partial charge on any atom is -0.370 e. The number of carbonyl (C=O) groups is 1. The number of anilines is 2. The molecular formula is C20H22F4N4O3S. The second-order valence-corrected chi connectivity index (χ2v) is 8.61. The quantitative estimate of drug-likeness (QED) is 0.400. The Kier molecular flexibility index (Phi) is 7.83. The van der Waals surface area contributed by atoms with Gasteiger partial charge in [0.05, 0.1) is 11.9 Å². The summed E-state index contributed by atoms with van der Waals surface area (Å²) in [6.45, 7) is 3.49. The number of hydrogen-bond donors (Lipinski definition) is 3. The molecule has 32 heavy (non-hydrogen) atoms. The fourth-order valence-electron chi connectivity index (χ4n) is 2.72. The number of nitrogens with zero attached hydrogens (tertiary/aromatic N) is 1. The van der Waals surface area contributed by atoms with Crippen molar-refractivity contribution in [3.05, 3.63) is 58.5 Å². The maximum Gasteiger partial charge on any atom is 0.433 e. The highest BCUT2D eigenvalue weighted by atomic mass is 32.2. The molecular weight excluding hydrogens is 452 g/mol. The van der Waals surface area contributed by atoms with Crippen molar-refractivity contribution in [1.29, 1.82) is 0 Å². The van der Waals surface area contributed by atoms with Crippen molar-refractivity contribution >= 4 is 33.5 Å². The van der Waals surface area contributed by atoms with Gasteiger partial charge in [-0.3, -0.25) is 9.52 Å². The Bertz CT molecular complexity index is 1110. The van der Waals surface area contributed by atoms with Gasteiger partial charge in [-0.1, -0.05) is 6.07 Å². The normalized spacial score (nSPS) is 12.1. The Morgan fingerprint density at radius 2 is 1.91 bits per heavy atom. The standard InChI is InChI=1S/C20H22F4N4O3S/c1-4-25-19-14(5-7-16(27-19)20(22,23)24)6-8-17(29)26-11-13-9-12(2)18(15(21)10-13)28-32(3,30)31/h5-10,28H,4,11H2,1-3H3,(H,25,27)(H,26,29). The molecule has 7 nitrogen and oxygen atoms in total. The molecule has 1 aromatic carbocycles. The van der Waals surface area contributed by atoms with E-state index < -0.39 is 33.6 Å². The fourth-order valence-corrected chi connectivity index (χ4v) is 3.35. The van der Waals surface area contributed by atoms with Crippen LogP contribution in [0.3, 0.4) is 0 Å². The summed E-state index contributed by atoms with van der Waals surface area (Å²) in [6, 6.07) is 4.62. The van der Waals surface area contributed by atoms with E-state index in [9.17, 15) is 30.8 Å². The molecule has 0 fully saturated rings. The number of aromatic nitrogens is 1. The molecule has 0 aliphatic heterocycles. The molecule has 12 heteroatoms. The first-order chi connectivity index (χ1) is 14.8. The van der Waals surface area contributed by atoms with Gasteiger partial charge in [-0.25, -0.2) is 17.8 Å². The van der Waals surface area contributed by atoms with E-state index in [2.05, 4.69) is 20.3 Å². The van der Waals surface area contributed by atoms with Gasteiger partial charge in [0.15, 0.2) is 0 Å². The van der Waals surface area contributed by atoms with Crippen LogP contribution < -0.4 is 15.4 Å². The maximum atomic E-state index is 14.2. The monoisotopic (exact) mass is 474 g/mol. The molecule has 2 aromatic rings. The van der Waals surface area contributed by atoms with Gasteiger partial charge >= 0.3 is 6.18 Å². The summed E-state index contributed by atoms with van der Waals surface area (Å²) in [5.41, 5.74) is -0.214. The second kappa shape index (κ2) is 9.98. The number of carbonyl (C=O) groups excluding carboxylic acids is 1. The van der Waals surface area contributed by atoms with Crippen LogP contribution in [0.1, 0.15) is 29.3 Å². The first-order valence-corrected chi connectivity index (χ1v) is 11.2. The Labute approximate surface area is 183 Å². The third kappa shape index (κ3) is 7.22. The van der Waals surface area contributed by atoms with Crippen LogP contribution in [0, 0.1) is 12.7 Å². The Balaban J connectivity index is 2.10. The lowest BCUT2D eigenvalue weighted by Gasteiger charge is -2.12. The van der Waals surface area contributed by atoms with Crippen molar-refractivity contribution in [3.8, 4) is 0 Å². The van der Waals surface area contributed by atoms with E-state index in [0.717, 1.165) is 24.5 Å². The van der Waals surface area contributed by atoms with Crippen LogP contribution in [0.15, 0.2) is 30.3 Å². The number of aryl methyl sites for hydroxylation is 1. The van der Waals surface area contributed by atoms with Crippen molar-refractivity contribution in [2.75, 3.05) is 22.8 Å². The van der Waals surface area contributed by atoms with E-state index in [0.29, 0.717) is 17.7 Å². The molecule has 0 saturated carbocycles. The SMILES string of the molecule is CCNc1nc(C(F)(F)F)ccc1C=CC(=O)NCc1cc(C)c(NS(C)(=O)=O)c(F)c1. The second-order valence-electron chi connectivity index (χ2n) is 6.86. The molecule has 2 rings (SSSR count). The number of benzene rings is 1. The number of nitrogens with one attached hydrogen (secondary N) is 3. The molecule has 0 radical (unpaired) electrons. The van der Waals surface area contributed by atoms with Crippen molar-refractivity contribution in [2.45, 2.75) is 26.6 Å². The van der Waals surface area contributed by atoms with Crippen molar-refractivity contribution in [3.63, 3.8) is 0 Å². The number of hydrogen-bond acceptors (Lipinski definition) is 5. The minimum absolute atomic E-state index is 0.0157. The average Bonchev–Trinajstić information content (AvgIpc) is 2.67. The van der Waals surface area contributed by atoms with Crippen molar-refractivity contribution in [1.82, 2.24) is 10.3 Å². The number of amides is 1. The van der Waals surface area contributed by atoms with Gasteiger partial charge in [0.2, 0.25) is 15.9 Å². The lowest BCUT2D eigenvalue weighted by atomic mass is 10.1. The van der Waals surface area contributed by atoms with Gasteiger partial charge in [-0.05, 0) is 49.2 Å². The zero-order valence-corrected chi connectivity index (χ0v) is 18.3. The Morgan fingerprint density at radius 3 is 2.47 bits per heavy atom. The number of halogens is 4. The average molecular weight is 474 g/mol. The first kappa shape index (κ1) is 25.1. The van der Waals surface area contributed by atoms with E-state index in [4.69, 9.17) is 0 Å². The summed E-state index contributed by atoms with van der Waals surface area (Å²) in [7, 11) is -3.65. The number of sulfonamides is 1. The topological polar surface area (TPSA) is 100 Å². The molecule has 0 aliphatic carbocycles. The van der Waals surface area contributed by atoms with Crippen molar-refractivity contribution < 1.29 is 30.8 Å². The van der Waals surface area contributed by atoms with Crippen LogP contribution in [0.2, 0.25) is 0 Å². The Morgan fingerprint density at radius 1 is 1.22 bits per heavy atom. The zero-order chi connectivity index (χ0) is 24.1. The van der Waals surface area contributed by atoms with Crippen LogP contribution in [0.4, 0.5) is 29.1 Å². The molecule has 3 N–H and O–H groups in total. The zero-order valence-electron chi connectivity index (χ0n) is 17.5. The third-order valence-corrected chi connectivity index (χ3v) is 4.65. The van der Waals surface area contributed by atoms with Gasteiger partial charge in [0.1, 0.15) is 17.3 Å². The summed E-state index contributed by atoms with van der Waals surface area (Å²) < 4.78 is 77.5. The van der Waals surface area contributed by atoms with Crippen LogP contribution in [0.5, 0.6) is 0 Å². The smallest absolute Gasteiger partial charge is 0.370 e. The molecule has 0 spiro atoms. The van der Waals surface area contributed by atoms with E-state index in [1.54, 1.807) is 6.92 Å². The van der Waals surface area contributed by atoms with Crippen LogP contribution in [-0.2, 0) is 27.5 Å². The largest absolute Gasteiger partial charge is 0.433 e. The molecule has 0 aliphatic rings. The summed E-state index contributed by atoms with van der Waals surface area (Å²) >= 11 is 0. The van der Waals surface area contributed by atoms with E-state index >= 15 is 0 Å². The third-order valence-electron chi connectivity index (χ3n) is 4.08. The van der Waals surface area contributed by atoms with Gasteiger partial charge in [0.25, 0.3) is 0 Å². The van der Waals surface area contributed by atoms with E-state index in [1.807, 2.05) is 0 Å². The first-order valence-electron chi connectivity index (χ1n) is 9.35. The predicted octanol–water partition coefficient (Wildman–Crippen LogP) is 3.68. The molecule has 1 aromatic heterocycles. The summed E-state index contributed by atoms with van der Waals surface area (Å²) in [5, 5.41) is 5.25. The number of pyridine rings is 1. The van der Waals surface area contributed by atoms with E-state index in [-0.39, 0.29) is 23.6 Å². The molecule has 0 bridgehead atoms. The molecule has 174 valence electrons. The number of alkyl halides is 3. The summed E-state index contributed by atoms with van der Waals surface area (Å²) in [6.07, 6.45) is -1.26. The highest BCUT2D eigenvalue weighted by molar-refractivity contribution is 7.92. The molecule has 0 saturated heterocycles. The van der Waals surface area contributed by atoms with Gasteiger partial charge in [-0.2, -0.15) is 13.2 Å². The van der Waals surface area contributed by atoms with Gasteiger partial charge < -0.3 is 10.6 Å². The number of rotatable bonds is 8. The summed E-state index contributed by atoms with van der Waals surface area (Å²) in [5.74, 6) is -1.37.